The maximum Gasteiger partial charge on any atom is 0.0284 e. The van der Waals surface area contributed by atoms with E-state index in [1.807, 2.05) is 0 Å². The summed E-state index contributed by atoms with van der Waals surface area (Å²) in [5.74, 6) is 0. The van der Waals surface area contributed by atoms with Gasteiger partial charge in [0.15, 0.2) is 0 Å². The predicted octanol–water partition coefficient (Wildman–Crippen LogP) is 2.35. The average molecular weight is 242 g/mol. The molecule has 1 aliphatic heterocycles. The predicted molar refractivity (Wildman–Crippen MR) is 73.2 cm³/mol. The molecule has 1 N–H and O–H groups in total. The van der Waals surface area contributed by atoms with Crippen molar-refractivity contribution in [1.82, 2.24) is 10.2 Å². The monoisotopic (exact) mass is 242 g/mol. The van der Waals surface area contributed by atoms with Gasteiger partial charge >= 0.3 is 0 Å². The molecule has 0 aromatic heterocycles. The fourth-order valence-corrected chi connectivity index (χ4v) is 3.99. The van der Waals surface area contributed by atoms with Gasteiger partial charge in [-0.25, -0.2) is 0 Å². The lowest BCUT2D eigenvalue weighted by Crippen LogP contribution is -2.55. The number of piperazine rings is 1. The van der Waals surface area contributed by atoms with Crippen LogP contribution >= 0.6 is 11.8 Å². The van der Waals surface area contributed by atoms with Crippen molar-refractivity contribution in [1.29, 1.82) is 0 Å². The molecular weight excluding hydrogens is 216 g/mol. The van der Waals surface area contributed by atoms with Crippen LogP contribution in [-0.4, -0.2) is 48.1 Å². The van der Waals surface area contributed by atoms with Crippen LogP contribution in [-0.2, 0) is 0 Å². The zero-order valence-corrected chi connectivity index (χ0v) is 11.6. The average Bonchev–Trinajstić information content (AvgIpc) is 2.25. The van der Waals surface area contributed by atoms with Gasteiger partial charge < -0.3 is 5.32 Å². The van der Waals surface area contributed by atoms with Gasteiger partial charge in [0.2, 0.25) is 0 Å². The van der Waals surface area contributed by atoms with Crippen molar-refractivity contribution in [2.24, 2.45) is 0 Å². The van der Waals surface area contributed by atoms with Crippen LogP contribution in [0.25, 0.3) is 0 Å². The van der Waals surface area contributed by atoms with Gasteiger partial charge in [-0.15, -0.1) is 0 Å². The highest BCUT2D eigenvalue weighted by atomic mass is 32.2. The third-order valence-electron chi connectivity index (χ3n) is 4.19. The van der Waals surface area contributed by atoms with E-state index in [1.54, 1.807) is 0 Å². The van der Waals surface area contributed by atoms with Crippen LogP contribution in [0.3, 0.4) is 0 Å². The van der Waals surface area contributed by atoms with E-state index in [0.717, 1.165) is 6.04 Å². The van der Waals surface area contributed by atoms with Crippen molar-refractivity contribution in [3.63, 3.8) is 0 Å². The molecular formula is C13H26N2S. The molecule has 1 saturated carbocycles. The standard InChI is InChI=1S/C13H26N2S/c1-3-5-12-10-15(9-8-14-12)11-13(16-2)6-4-7-13/h12,14H,3-11H2,1-2H3. The quantitative estimate of drug-likeness (QED) is 0.797. The van der Waals surface area contributed by atoms with E-state index in [1.165, 1.54) is 58.3 Å². The summed E-state index contributed by atoms with van der Waals surface area (Å²) >= 11 is 2.11. The Hall–Kier alpha value is 0.270. The number of hydrogen-bond donors (Lipinski definition) is 1. The topological polar surface area (TPSA) is 15.3 Å². The molecule has 94 valence electrons. The van der Waals surface area contributed by atoms with Gasteiger partial charge in [-0.2, -0.15) is 11.8 Å². The summed E-state index contributed by atoms with van der Waals surface area (Å²) in [5.41, 5.74) is 0. The minimum absolute atomic E-state index is 0.619. The van der Waals surface area contributed by atoms with Gasteiger partial charge in [-0.05, 0) is 25.5 Å². The number of rotatable bonds is 5. The van der Waals surface area contributed by atoms with Gasteiger partial charge in [0.05, 0.1) is 0 Å². The summed E-state index contributed by atoms with van der Waals surface area (Å²) in [4.78, 5) is 2.70. The lowest BCUT2D eigenvalue weighted by Gasteiger charge is -2.46. The summed E-state index contributed by atoms with van der Waals surface area (Å²) in [6.45, 7) is 7.33. The van der Waals surface area contributed by atoms with Crippen molar-refractivity contribution >= 4 is 11.8 Å². The zero-order chi connectivity index (χ0) is 11.4. The van der Waals surface area contributed by atoms with E-state index in [-0.39, 0.29) is 0 Å². The molecule has 0 radical (unpaired) electrons. The molecule has 1 unspecified atom stereocenters. The smallest absolute Gasteiger partial charge is 0.0284 e. The number of hydrogen-bond acceptors (Lipinski definition) is 3. The van der Waals surface area contributed by atoms with Gasteiger partial charge in [0.1, 0.15) is 0 Å². The van der Waals surface area contributed by atoms with Crippen LogP contribution in [0.2, 0.25) is 0 Å². The summed E-state index contributed by atoms with van der Waals surface area (Å²) in [5, 5.41) is 3.64. The summed E-state index contributed by atoms with van der Waals surface area (Å²) in [6, 6.07) is 0.748. The summed E-state index contributed by atoms with van der Waals surface area (Å²) in [7, 11) is 0. The van der Waals surface area contributed by atoms with Crippen molar-refractivity contribution in [2.45, 2.75) is 49.8 Å². The van der Waals surface area contributed by atoms with Gasteiger partial charge in [-0.1, -0.05) is 19.8 Å². The largest absolute Gasteiger partial charge is 0.311 e. The minimum atomic E-state index is 0.619. The second-order valence-corrected chi connectivity index (χ2v) is 6.69. The molecule has 0 amide bonds. The van der Waals surface area contributed by atoms with Gasteiger partial charge in [-0.3, -0.25) is 4.90 Å². The Morgan fingerprint density at radius 3 is 2.81 bits per heavy atom. The fourth-order valence-electron chi connectivity index (χ4n) is 2.99. The Bertz CT molecular complexity index is 208. The normalized spacial score (nSPS) is 30.0. The highest BCUT2D eigenvalue weighted by Gasteiger charge is 2.38. The number of nitrogens with zero attached hydrogens (tertiary/aromatic N) is 1. The van der Waals surface area contributed by atoms with Crippen LogP contribution in [0.5, 0.6) is 0 Å². The first kappa shape index (κ1) is 12.7. The van der Waals surface area contributed by atoms with E-state index in [2.05, 4.69) is 35.2 Å². The van der Waals surface area contributed by atoms with E-state index in [9.17, 15) is 0 Å². The van der Waals surface area contributed by atoms with Crippen molar-refractivity contribution < 1.29 is 0 Å². The van der Waals surface area contributed by atoms with E-state index in [0.29, 0.717) is 4.75 Å². The van der Waals surface area contributed by atoms with Crippen LogP contribution in [0.15, 0.2) is 0 Å². The molecule has 1 atom stereocenters. The maximum atomic E-state index is 3.64. The molecule has 0 bridgehead atoms. The van der Waals surface area contributed by atoms with Crippen molar-refractivity contribution in [3.8, 4) is 0 Å². The molecule has 1 saturated heterocycles. The molecule has 16 heavy (non-hydrogen) atoms. The van der Waals surface area contributed by atoms with Crippen LogP contribution < -0.4 is 5.32 Å². The Kier molecular flexibility index (Phi) is 4.57. The Morgan fingerprint density at radius 1 is 1.44 bits per heavy atom. The first-order chi connectivity index (χ1) is 7.78. The second kappa shape index (κ2) is 5.74. The van der Waals surface area contributed by atoms with Gasteiger partial charge in [0, 0.05) is 37.0 Å². The van der Waals surface area contributed by atoms with E-state index in [4.69, 9.17) is 0 Å². The molecule has 0 aromatic rings. The first-order valence-electron chi connectivity index (χ1n) is 6.79. The SMILES string of the molecule is CCCC1CN(CC2(SC)CCC2)CCN1. The lowest BCUT2D eigenvalue weighted by molar-refractivity contribution is 0.153. The lowest BCUT2D eigenvalue weighted by atomic mass is 9.83. The fraction of sp³-hybridized carbons (Fsp3) is 1.00. The maximum absolute atomic E-state index is 3.64. The molecule has 0 aromatic carbocycles. The third-order valence-corrected chi connectivity index (χ3v) is 5.59. The van der Waals surface area contributed by atoms with Crippen LogP contribution in [0.1, 0.15) is 39.0 Å². The summed E-state index contributed by atoms with van der Waals surface area (Å²) in [6.07, 6.45) is 9.27. The molecule has 1 heterocycles. The Balaban J connectivity index is 1.80. The van der Waals surface area contributed by atoms with E-state index < -0.39 is 0 Å². The zero-order valence-electron chi connectivity index (χ0n) is 10.8. The van der Waals surface area contributed by atoms with Crippen LogP contribution in [0.4, 0.5) is 0 Å². The number of nitrogens with one attached hydrogen (secondary N) is 1. The molecule has 2 fully saturated rings. The highest BCUT2D eigenvalue weighted by Crippen LogP contribution is 2.43. The molecule has 2 nitrogen and oxygen atoms in total. The molecule has 3 heteroatoms. The molecule has 2 aliphatic rings. The molecule has 2 rings (SSSR count). The Morgan fingerprint density at radius 2 is 2.25 bits per heavy atom. The van der Waals surface area contributed by atoms with Crippen molar-refractivity contribution in [2.75, 3.05) is 32.4 Å². The Labute approximate surface area is 105 Å². The molecule has 0 spiro atoms. The molecule has 1 aliphatic carbocycles. The van der Waals surface area contributed by atoms with E-state index >= 15 is 0 Å². The summed E-state index contributed by atoms with van der Waals surface area (Å²) < 4.78 is 0.619. The van der Waals surface area contributed by atoms with Crippen molar-refractivity contribution in [3.05, 3.63) is 0 Å². The van der Waals surface area contributed by atoms with Crippen LogP contribution in [0, 0.1) is 0 Å². The third kappa shape index (κ3) is 2.93. The number of thioether (sulfide) groups is 1. The second-order valence-electron chi connectivity index (χ2n) is 5.42. The first-order valence-corrected chi connectivity index (χ1v) is 8.01. The highest BCUT2D eigenvalue weighted by molar-refractivity contribution is 8.00. The van der Waals surface area contributed by atoms with Gasteiger partial charge in [0.25, 0.3) is 0 Å². The minimum Gasteiger partial charge on any atom is -0.311 e.